The summed E-state index contributed by atoms with van der Waals surface area (Å²) in [5.41, 5.74) is 3.04. The molecule has 0 N–H and O–H groups in total. The van der Waals surface area contributed by atoms with Crippen molar-refractivity contribution in [2.75, 3.05) is 7.11 Å². The van der Waals surface area contributed by atoms with E-state index in [1.54, 1.807) is 7.11 Å². The molecular weight excluding hydrogens is 178 g/mol. The molecule has 2 heterocycles. The molecule has 0 amide bonds. The zero-order valence-electron chi connectivity index (χ0n) is 8.61. The number of aromatic nitrogens is 3. The van der Waals surface area contributed by atoms with Crippen LogP contribution in [-0.2, 0) is 11.3 Å². The minimum Gasteiger partial charge on any atom is -0.378 e. The molecule has 2 aromatic heterocycles. The van der Waals surface area contributed by atoms with Gasteiger partial charge in [0.1, 0.15) is 0 Å². The van der Waals surface area contributed by atoms with Crippen molar-refractivity contribution in [2.45, 2.75) is 20.5 Å². The van der Waals surface area contributed by atoms with Gasteiger partial charge in [-0.1, -0.05) is 0 Å². The largest absolute Gasteiger partial charge is 0.378 e. The summed E-state index contributed by atoms with van der Waals surface area (Å²) in [5, 5.41) is 0. The molecule has 4 nitrogen and oxygen atoms in total. The van der Waals surface area contributed by atoms with E-state index in [2.05, 4.69) is 9.97 Å². The van der Waals surface area contributed by atoms with E-state index in [9.17, 15) is 0 Å². The van der Waals surface area contributed by atoms with Crippen LogP contribution in [0.1, 0.15) is 17.1 Å². The summed E-state index contributed by atoms with van der Waals surface area (Å²) in [6.07, 6.45) is 1.96. The Hall–Kier alpha value is -1.42. The van der Waals surface area contributed by atoms with Gasteiger partial charge in [0.05, 0.1) is 12.3 Å². The van der Waals surface area contributed by atoms with Crippen LogP contribution in [0.25, 0.3) is 5.78 Å². The van der Waals surface area contributed by atoms with Gasteiger partial charge in [-0.05, 0) is 19.9 Å². The van der Waals surface area contributed by atoms with Crippen molar-refractivity contribution in [3.05, 3.63) is 29.3 Å². The molecular formula is C10H13N3O. The number of methoxy groups -OCH3 is 1. The van der Waals surface area contributed by atoms with Crippen LogP contribution in [0.15, 0.2) is 12.3 Å². The van der Waals surface area contributed by atoms with E-state index in [0.717, 1.165) is 22.9 Å². The van der Waals surface area contributed by atoms with Crippen LogP contribution < -0.4 is 0 Å². The first-order valence-corrected chi connectivity index (χ1v) is 4.52. The number of imidazole rings is 1. The van der Waals surface area contributed by atoms with Gasteiger partial charge in [-0.3, -0.25) is 4.40 Å². The van der Waals surface area contributed by atoms with E-state index < -0.39 is 0 Å². The minimum absolute atomic E-state index is 0.530. The van der Waals surface area contributed by atoms with Gasteiger partial charge >= 0.3 is 0 Å². The lowest BCUT2D eigenvalue weighted by Crippen LogP contribution is -1.94. The first-order chi connectivity index (χ1) is 6.70. The molecule has 0 aliphatic heterocycles. The topological polar surface area (TPSA) is 39.4 Å². The molecule has 0 radical (unpaired) electrons. The van der Waals surface area contributed by atoms with Gasteiger partial charge in [0.2, 0.25) is 5.78 Å². The number of hydrogen-bond acceptors (Lipinski definition) is 3. The fourth-order valence-electron chi connectivity index (χ4n) is 1.54. The Morgan fingerprint density at radius 3 is 2.86 bits per heavy atom. The summed E-state index contributed by atoms with van der Waals surface area (Å²) in [4.78, 5) is 8.69. The second-order valence-electron chi connectivity index (χ2n) is 3.37. The van der Waals surface area contributed by atoms with Gasteiger partial charge in [-0.25, -0.2) is 9.97 Å². The van der Waals surface area contributed by atoms with Gasteiger partial charge in [0.15, 0.2) is 0 Å². The molecule has 74 valence electrons. The summed E-state index contributed by atoms with van der Waals surface area (Å²) in [7, 11) is 1.66. The standard InChI is InChI=1S/C10H13N3O/c1-7-4-8(2)13-5-9(6-14-3)12-10(13)11-7/h4-5H,6H2,1-3H3. The van der Waals surface area contributed by atoms with Crippen molar-refractivity contribution in [1.29, 1.82) is 0 Å². The third-order valence-electron chi connectivity index (χ3n) is 2.10. The predicted octanol–water partition coefficient (Wildman–Crippen LogP) is 1.49. The van der Waals surface area contributed by atoms with Crippen molar-refractivity contribution in [3.63, 3.8) is 0 Å². The Bertz CT molecular complexity index is 462. The van der Waals surface area contributed by atoms with Crippen molar-refractivity contribution in [3.8, 4) is 0 Å². The highest BCUT2D eigenvalue weighted by atomic mass is 16.5. The van der Waals surface area contributed by atoms with Gasteiger partial charge < -0.3 is 4.74 Å². The van der Waals surface area contributed by atoms with Gasteiger partial charge in [0, 0.05) is 24.7 Å². The number of nitrogens with zero attached hydrogens (tertiary/aromatic N) is 3. The lowest BCUT2D eigenvalue weighted by atomic mass is 10.3. The van der Waals surface area contributed by atoms with Crippen LogP contribution in [0.5, 0.6) is 0 Å². The molecule has 0 unspecified atom stereocenters. The number of ether oxygens (including phenoxy) is 1. The molecule has 2 aromatic rings. The van der Waals surface area contributed by atoms with Crippen molar-refractivity contribution in [2.24, 2.45) is 0 Å². The summed E-state index contributed by atoms with van der Waals surface area (Å²) >= 11 is 0. The monoisotopic (exact) mass is 191 g/mol. The van der Waals surface area contributed by atoms with Gasteiger partial charge in [-0.15, -0.1) is 0 Å². The quantitative estimate of drug-likeness (QED) is 0.722. The summed E-state index contributed by atoms with van der Waals surface area (Å²) in [6.45, 7) is 4.54. The SMILES string of the molecule is COCc1cn2c(C)cc(C)nc2n1. The van der Waals surface area contributed by atoms with Crippen molar-refractivity contribution in [1.82, 2.24) is 14.4 Å². The first kappa shape index (κ1) is 9.15. The normalized spacial score (nSPS) is 11.1. The summed E-state index contributed by atoms with van der Waals surface area (Å²) in [6, 6.07) is 2.03. The van der Waals surface area contributed by atoms with Crippen LogP contribution in [0, 0.1) is 13.8 Å². The van der Waals surface area contributed by atoms with E-state index >= 15 is 0 Å². The molecule has 2 rings (SSSR count). The fraction of sp³-hybridized carbons (Fsp3) is 0.400. The van der Waals surface area contributed by atoms with Crippen LogP contribution in [0.4, 0.5) is 0 Å². The number of hydrogen-bond donors (Lipinski definition) is 0. The molecule has 0 fully saturated rings. The maximum Gasteiger partial charge on any atom is 0.234 e. The highest BCUT2D eigenvalue weighted by molar-refractivity contribution is 5.34. The van der Waals surface area contributed by atoms with E-state index in [1.807, 2.05) is 30.5 Å². The molecule has 0 saturated carbocycles. The average molecular weight is 191 g/mol. The lowest BCUT2D eigenvalue weighted by molar-refractivity contribution is 0.182. The van der Waals surface area contributed by atoms with Crippen molar-refractivity contribution < 1.29 is 4.74 Å². The van der Waals surface area contributed by atoms with E-state index in [0.29, 0.717) is 6.61 Å². The first-order valence-electron chi connectivity index (χ1n) is 4.52. The van der Waals surface area contributed by atoms with E-state index in [-0.39, 0.29) is 0 Å². The van der Waals surface area contributed by atoms with Crippen LogP contribution in [-0.4, -0.2) is 21.5 Å². The Kier molecular flexibility index (Phi) is 2.21. The Labute approximate surface area is 82.6 Å². The van der Waals surface area contributed by atoms with E-state index in [4.69, 9.17) is 4.74 Å². The Morgan fingerprint density at radius 1 is 1.36 bits per heavy atom. The zero-order chi connectivity index (χ0) is 10.1. The molecule has 4 heteroatoms. The van der Waals surface area contributed by atoms with Crippen molar-refractivity contribution >= 4 is 5.78 Å². The number of aryl methyl sites for hydroxylation is 2. The molecule has 14 heavy (non-hydrogen) atoms. The highest BCUT2D eigenvalue weighted by Gasteiger charge is 2.04. The fourth-order valence-corrected chi connectivity index (χ4v) is 1.54. The molecule has 0 saturated heterocycles. The van der Waals surface area contributed by atoms with E-state index in [1.165, 1.54) is 0 Å². The lowest BCUT2D eigenvalue weighted by Gasteiger charge is -1.98. The molecule has 0 atom stereocenters. The molecule has 0 bridgehead atoms. The Balaban J connectivity index is 2.58. The number of rotatable bonds is 2. The highest BCUT2D eigenvalue weighted by Crippen LogP contribution is 2.08. The van der Waals surface area contributed by atoms with Crippen LogP contribution in [0.2, 0.25) is 0 Å². The predicted molar refractivity (Wildman–Crippen MR) is 53.2 cm³/mol. The molecule has 0 aliphatic carbocycles. The maximum absolute atomic E-state index is 5.02. The Morgan fingerprint density at radius 2 is 2.14 bits per heavy atom. The zero-order valence-corrected chi connectivity index (χ0v) is 8.61. The third kappa shape index (κ3) is 1.48. The van der Waals surface area contributed by atoms with Gasteiger partial charge in [0.25, 0.3) is 0 Å². The molecule has 0 spiro atoms. The van der Waals surface area contributed by atoms with Gasteiger partial charge in [-0.2, -0.15) is 0 Å². The summed E-state index contributed by atoms with van der Waals surface area (Å²) in [5.74, 6) is 0.745. The number of fused-ring (bicyclic) bond motifs is 1. The second-order valence-corrected chi connectivity index (χ2v) is 3.37. The average Bonchev–Trinajstić information content (AvgIpc) is 2.48. The molecule has 0 aromatic carbocycles. The smallest absolute Gasteiger partial charge is 0.234 e. The molecule has 0 aliphatic rings. The second kappa shape index (κ2) is 3.38. The summed E-state index contributed by atoms with van der Waals surface area (Å²) < 4.78 is 7.00. The minimum atomic E-state index is 0.530. The third-order valence-corrected chi connectivity index (χ3v) is 2.10. The maximum atomic E-state index is 5.02. The van der Waals surface area contributed by atoms with Crippen LogP contribution >= 0.6 is 0 Å². The van der Waals surface area contributed by atoms with Crippen LogP contribution in [0.3, 0.4) is 0 Å².